The fourth-order valence-corrected chi connectivity index (χ4v) is 3.46. The lowest BCUT2D eigenvalue weighted by Crippen LogP contribution is -1.95. The Balaban J connectivity index is 2.38. The van der Waals surface area contributed by atoms with E-state index in [0.29, 0.717) is 14.8 Å². The summed E-state index contributed by atoms with van der Waals surface area (Å²) in [5, 5.41) is 0. The van der Waals surface area contributed by atoms with E-state index in [2.05, 4.69) is 36.8 Å². The van der Waals surface area contributed by atoms with E-state index in [4.69, 9.17) is 12.2 Å². The topological polar surface area (TPSA) is 20.7 Å². The van der Waals surface area contributed by atoms with Crippen molar-refractivity contribution in [1.82, 2.24) is 9.55 Å². The molecule has 0 aliphatic carbocycles. The summed E-state index contributed by atoms with van der Waals surface area (Å²) in [7, 11) is 0. The van der Waals surface area contributed by atoms with Crippen LogP contribution in [0.2, 0.25) is 0 Å². The second-order valence-corrected chi connectivity index (χ2v) is 6.69. The van der Waals surface area contributed by atoms with Crippen LogP contribution >= 0.6 is 44.1 Å². The molecule has 0 bridgehead atoms. The Hall–Kier alpha value is -0.980. The van der Waals surface area contributed by atoms with Gasteiger partial charge in [-0.3, -0.25) is 4.57 Å². The van der Waals surface area contributed by atoms with E-state index < -0.39 is 0 Å². The number of nitrogens with one attached hydrogen (secondary N) is 1. The van der Waals surface area contributed by atoms with E-state index in [0.717, 1.165) is 21.2 Å². The van der Waals surface area contributed by atoms with Crippen molar-refractivity contribution >= 4 is 55.1 Å². The predicted molar refractivity (Wildman–Crippen MR) is 88.6 cm³/mol. The van der Waals surface area contributed by atoms with Crippen LogP contribution in [0.1, 0.15) is 5.56 Å². The maximum Gasteiger partial charge on any atom is 0.182 e. The first-order chi connectivity index (χ1) is 9.45. The van der Waals surface area contributed by atoms with Gasteiger partial charge in [0.2, 0.25) is 0 Å². The van der Waals surface area contributed by atoms with Crippen molar-refractivity contribution in [1.29, 1.82) is 0 Å². The molecule has 20 heavy (non-hydrogen) atoms. The van der Waals surface area contributed by atoms with E-state index in [1.54, 1.807) is 6.07 Å². The minimum Gasteiger partial charge on any atom is -0.330 e. The first-order valence-electron chi connectivity index (χ1n) is 5.83. The van der Waals surface area contributed by atoms with Crippen LogP contribution in [0, 0.1) is 17.5 Å². The highest BCUT2D eigenvalue weighted by Crippen LogP contribution is 2.27. The van der Waals surface area contributed by atoms with Crippen LogP contribution in [0.5, 0.6) is 0 Å². The van der Waals surface area contributed by atoms with Gasteiger partial charge in [0.15, 0.2) is 4.77 Å². The summed E-state index contributed by atoms with van der Waals surface area (Å²) in [5.74, 6) is -0.313. The quantitative estimate of drug-likeness (QED) is 0.508. The number of H-pyrrole nitrogens is 1. The molecule has 1 N–H and O–H groups in total. The Morgan fingerprint density at radius 1 is 1.15 bits per heavy atom. The molecule has 0 fully saturated rings. The Morgan fingerprint density at radius 2 is 1.90 bits per heavy atom. The molecule has 102 valence electrons. The van der Waals surface area contributed by atoms with Crippen LogP contribution in [0.25, 0.3) is 16.7 Å². The third-order valence-corrected chi connectivity index (χ3v) is 4.36. The van der Waals surface area contributed by atoms with Crippen molar-refractivity contribution in [2.75, 3.05) is 0 Å². The number of rotatable bonds is 1. The Bertz CT molecular complexity index is 862. The second-order valence-electron chi connectivity index (χ2n) is 4.54. The summed E-state index contributed by atoms with van der Waals surface area (Å²) in [4.78, 5) is 3.10. The van der Waals surface area contributed by atoms with Gasteiger partial charge in [-0.2, -0.15) is 0 Å². The molecular formula is C14H9Br2FN2S. The Kier molecular flexibility index (Phi) is 3.56. The molecule has 0 saturated carbocycles. The molecular weight excluding hydrogens is 407 g/mol. The zero-order valence-electron chi connectivity index (χ0n) is 10.4. The minimum atomic E-state index is -0.313. The van der Waals surface area contributed by atoms with E-state index >= 15 is 0 Å². The molecule has 0 aliphatic heterocycles. The van der Waals surface area contributed by atoms with Gasteiger partial charge in [-0.25, -0.2) is 4.39 Å². The van der Waals surface area contributed by atoms with Gasteiger partial charge in [0.1, 0.15) is 5.82 Å². The van der Waals surface area contributed by atoms with Gasteiger partial charge in [0.05, 0.1) is 15.5 Å². The molecule has 0 spiro atoms. The lowest BCUT2D eigenvalue weighted by atomic mass is 10.2. The molecule has 0 radical (unpaired) electrons. The van der Waals surface area contributed by atoms with Gasteiger partial charge in [-0.05, 0) is 64.9 Å². The second kappa shape index (κ2) is 5.09. The molecule has 0 amide bonds. The van der Waals surface area contributed by atoms with Gasteiger partial charge in [0, 0.05) is 16.2 Å². The molecule has 0 unspecified atom stereocenters. The number of aromatic nitrogens is 2. The van der Waals surface area contributed by atoms with Crippen LogP contribution in [0.3, 0.4) is 0 Å². The van der Waals surface area contributed by atoms with Gasteiger partial charge in [0.25, 0.3) is 0 Å². The molecule has 2 nitrogen and oxygen atoms in total. The van der Waals surface area contributed by atoms with E-state index in [-0.39, 0.29) is 5.82 Å². The van der Waals surface area contributed by atoms with Crippen LogP contribution in [0.15, 0.2) is 39.3 Å². The van der Waals surface area contributed by atoms with Crippen molar-refractivity contribution in [2.45, 2.75) is 6.92 Å². The maximum atomic E-state index is 13.8. The summed E-state index contributed by atoms with van der Waals surface area (Å²) in [5.41, 5.74) is 3.51. The summed E-state index contributed by atoms with van der Waals surface area (Å²) in [6.45, 7) is 2.00. The SMILES string of the molecule is Cc1cc(Br)cc(-n2c(=S)[nH]c3cc(Br)c(F)cc32)c1. The number of nitrogens with zero attached hydrogens (tertiary/aromatic N) is 1. The molecule has 3 rings (SSSR count). The third kappa shape index (κ3) is 2.36. The first kappa shape index (κ1) is 14.0. The van der Waals surface area contributed by atoms with Crippen molar-refractivity contribution in [2.24, 2.45) is 0 Å². The number of hydrogen-bond acceptors (Lipinski definition) is 1. The zero-order valence-corrected chi connectivity index (χ0v) is 14.4. The normalized spacial score (nSPS) is 11.2. The number of aromatic amines is 1. The fourth-order valence-electron chi connectivity index (χ4n) is 2.20. The van der Waals surface area contributed by atoms with E-state index in [1.165, 1.54) is 6.07 Å². The van der Waals surface area contributed by atoms with Crippen molar-refractivity contribution < 1.29 is 4.39 Å². The minimum absolute atomic E-state index is 0.313. The smallest absolute Gasteiger partial charge is 0.182 e. The van der Waals surface area contributed by atoms with Gasteiger partial charge < -0.3 is 4.98 Å². The summed E-state index contributed by atoms with van der Waals surface area (Å²) in [6.07, 6.45) is 0. The molecule has 3 aromatic rings. The highest BCUT2D eigenvalue weighted by molar-refractivity contribution is 9.10. The number of benzene rings is 2. The van der Waals surface area contributed by atoms with Gasteiger partial charge in [-0.1, -0.05) is 15.9 Å². The number of hydrogen-bond donors (Lipinski definition) is 1. The average molecular weight is 416 g/mol. The summed E-state index contributed by atoms with van der Waals surface area (Å²) >= 11 is 12.0. The maximum absolute atomic E-state index is 13.8. The molecule has 2 aromatic carbocycles. The molecule has 0 aliphatic rings. The van der Waals surface area contributed by atoms with Crippen molar-refractivity contribution in [3.63, 3.8) is 0 Å². The predicted octanol–water partition coefficient (Wildman–Crippen LogP) is 5.66. The largest absolute Gasteiger partial charge is 0.330 e. The van der Waals surface area contributed by atoms with Crippen molar-refractivity contribution in [3.8, 4) is 5.69 Å². The lowest BCUT2D eigenvalue weighted by molar-refractivity contribution is 0.622. The number of halogens is 3. The average Bonchev–Trinajstić information content (AvgIpc) is 2.64. The molecule has 6 heteroatoms. The van der Waals surface area contributed by atoms with Gasteiger partial charge >= 0.3 is 0 Å². The number of fused-ring (bicyclic) bond motifs is 1. The molecule has 0 atom stereocenters. The first-order valence-corrected chi connectivity index (χ1v) is 7.82. The standard InChI is InChI=1S/C14H9Br2FN2S/c1-7-2-8(15)4-9(3-7)19-13-6-11(17)10(16)5-12(13)18-14(19)20/h2-6H,1H3,(H,18,20). The van der Waals surface area contributed by atoms with Crippen LogP contribution in [-0.4, -0.2) is 9.55 Å². The van der Waals surface area contributed by atoms with Crippen molar-refractivity contribution in [3.05, 3.63) is 55.4 Å². The van der Waals surface area contributed by atoms with Gasteiger partial charge in [-0.15, -0.1) is 0 Å². The third-order valence-electron chi connectivity index (χ3n) is 3.01. The number of aryl methyl sites for hydroxylation is 1. The fraction of sp³-hybridized carbons (Fsp3) is 0.0714. The van der Waals surface area contributed by atoms with E-state index in [1.807, 2.05) is 29.7 Å². The van der Waals surface area contributed by atoms with Crippen LogP contribution < -0.4 is 0 Å². The zero-order chi connectivity index (χ0) is 14.4. The molecule has 1 heterocycles. The molecule has 1 aromatic heterocycles. The van der Waals surface area contributed by atoms with Crippen LogP contribution in [0.4, 0.5) is 4.39 Å². The van der Waals surface area contributed by atoms with Crippen LogP contribution in [-0.2, 0) is 0 Å². The monoisotopic (exact) mass is 414 g/mol. The van der Waals surface area contributed by atoms with E-state index in [9.17, 15) is 4.39 Å². The highest BCUT2D eigenvalue weighted by Gasteiger charge is 2.11. The molecule has 0 saturated heterocycles. The lowest BCUT2D eigenvalue weighted by Gasteiger charge is -2.07. The summed E-state index contributed by atoms with van der Waals surface area (Å²) in [6, 6.07) is 9.15. The number of imidazole rings is 1. The Morgan fingerprint density at radius 3 is 2.60 bits per heavy atom. The summed E-state index contributed by atoms with van der Waals surface area (Å²) < 4.78 is 17.5. The Labute approximate surface area is 136 Å². The highest BCUT2D eigenvalue weighted by atomic mass is 79.9.